The standard InChI is InChI=1S/C13H15N5O/c1-9-7-15-4-2-10(9)8-17-13(19)12-6-11(18-14)3-5-16-12/h2-7H,8,14H2,1H3,(H,16,18)(H,17,19). The van der Waals surface area contributed by atoms with Gasteiger partial charge in [0.15, 0.2) is 0 Å². The number of hydrogen-bond acceptors (Lipinski definition) is 5. The molecule has 0 saturated carbocycles. The highest BCUT2D eigenvalue weighted by Crippen LogP contribution is 2.07. The summed E-state index contributed by atoms with van der Waals surface area (Å²) in [5, 5.41) is 2.81. The first kappa shape index (κ1) is 13.0. The number of rotatable bonds is 4. The molecule has 0 aromatic carbocycles. The van der Waals surface area contributed by atoms with Crippen LogP contribution < -0.4 is 16.6 Å². The molecule has 0 aliphatic rings. The topological polar surface area (TPSA) is 92.9 Å². The van der Waals surface area contributed by atoms with Gasteiger partial charge in [0.25, 0.3) is 5.91 Å². The molecule has 98 valence electrons. The van der Waals surface area contributed by atoms with Crippen LogP contribution in [0.3, 0.4) is 0 Å². The SMILES string of the molecule is Cc1cnccc1CNC(=O)c1cc(NN)ccn1. The van der Waals surface area contributed by atoms with Crippen molar-refractivity contribution in [3.8, 4) is 0 Å². The van der Waals surface area contributed by atoms with Gasteiger partial charge >= 0.3 is 0 Å². The van der Waals surface area contributed by atoms with Crippen LogP contribution >= 0.6 is 0 Å². The molecule has 0 bridgehead atoms. The van der Waals surface area contributed by atoms with Crippen molar-refractivity contribution in [2.24, 2.45) is 5.84 Å². The fourth-order valence-corrected chi connectivity index (χ4v) is 1.61. The predicted molar refractivity (Wildman–Crippen MR) is 72.2 cm³/mol. The minimum Gasteiger partial charge on any atom is -0.347 e. The summed E-state index contributed by atoms with van der Waals surface area (Å²) in [7, 11) is 0. The molecule has 0 aliphatic heterocycles. The molecule has 0 radical (unpaired) electrons. The number of hydrazine groups is 1. The second-order valence-corrected chi connectivity index (χ2v) is 4.06. The zero-order valence-electron chi connectivity index (χ0n) is 10.6. The average molecular weight is 257 g/mol. The van der Waals surface area contributed by atoms with E-state index in [1.807, 2.05) is 13.0 Å². The minimum atomic E-state index is -0.242. The van der Waals surface area contributed by atoms with Gasteiger partial charge in [0, 0.05) is 25.1 Å². The van der Waals surface area contributed by atoms with Crippen molar-refractivity contribution in [1.29, 1.82) is 0 Å². The van der Waals surface area contributed by atoms with Gasteiger partial charge in [-0.2, -0.15) is 0 Å². The molecule has 2 rings (SSSR count). The fraction of sp³-hybridized carbons (Fsp3) is 0.154. The van der Waals surface area contributed by atoms with Crippen molar-refractivity contribution < 1.29 is 4.79 Å². The Labute approximate surface area is 111 Å². The maximum Gasteiger partial charge on any atom is 0.270 e. The molecule has 6 heteroatoms. The third kappa shape index (κ3) is 3.26. The summed E-state index contributed by atoms with van der Waals surface area (Å²) in [5.74, 6) is 5.05. The zero-order valence-corrected chi connectivity index (χ0v) is 10.6. The molecule has 0 aliphatic carbocycles. The van der Waals surface area contributed by atoms with Crippen molar-refractivity contribution in [3.63, 3.8) is 0 Å². The number of aromatic nitrogens is 2. The lowest BCUT2D eigenvalue weighted by molar-refractivity contribution is 0.0946. The van der Waals surface area contributed by atoms with Crippen LogP contribution in [0.1, 0.15) is 21.6 Å². The van der Waals surface area contributed by atoms with Gasteiger partial charge in [0.1, 0.15) is 5.69 Å². The molecule has 6 nitrogen and oxygen atoms in total. The lowest BCUT2D eigenvalue weighted by atomic mass is 10.1. The number of aryl methyl sites for hydroxylation is 1. The highest BCUT2D eigenvalue weighted by atomic mass is 16.1. The van der Waals surface area contributed by atoms with Gasteiger partial charge in [-0.05, 0) is 36.2 Å². The highest BCUT2D eigenvalue weighted by molar-refractivity contribution is 5.93. The molecular formula is C13H15N5O. The summed E-state index contributed by atoms with van der Waals surface area (Å²) in [5.41, 5.74) is 5.50. The number of hydrogen-bond donors (Lipinski definition) is 3. The number of pyridine rings is 2. The molecule has 0 spiro atoms. The number of carbonyl (C=O) groups is 1. The van der Waals surface area contributed by atoms with Crippen LogP contribution in [0, 0.1) is 6.92 Å². The first-order chi connectivity index (χ1) is 9.20. The normalized spacial score (nSPS) is 10.0. The number of nitrogens with one attached hydrogen (secondary N) is 2. The van der Waals surface area contributed by atoms with E-state index >= 15 is 0 Å². The molecule has 2 aromatic heterocycles. The molecular weight excluding hydrogens is 242 g/mol. The lowest BCUT2D eigenvalue weighted by Crippen LogP contribution is -2.24. The van der Waals surface area contributed by atoms with E-state index in [-0.39, 0.29) is 5.91 Å². The summed E-state index contributed by atoms with van der Waals surface area (Å²) in [6.07, 6.45) is 4.99. The number of amides is 1. The van der Waals surface area contributed by atoms with E-state index in [0.29, 0.717) is 17.9 Å². The number of nitrogens with two attached hydrogens (primary N) is 1. The molecule has 4 N–H and O–H groups in total. The summed E-state index contributed by atoms with van der Waals surface area (Å²) < 4.78 is 0. The highest BCUT2D eigenvalue weighted by Gasteiger charge is 2.08. The van der Waals surface area contributed by atoms with Crippen molar-refractivity contribution in [2.75, 3.05) is 5.43 Å². The van der Waals surface area contributed by atoms with E-state index in [1.54, 1.807) is 24.5 Å². The molecule has 1 amide bonds. The van der Waals surface area contributed by atoms with Crippen molar-refractivity contribution in [3.05, 3.63) is 53.6 Å². The predicted octanol–water partition coefficient (Wildman–Crippen LogP) is 1.00. The van der Waals surface area contributed by atoms with Gasteiger partial charge in [-0.25, -0.2) is 0 Å². The minimum absolute atomic E-state index is 0.242. The van der Waals surface area contributed by atoms with Gasteiger partial charge in [-0.15, -0.1) is 0 Å². The van der Waals surface area contributed by atoms with Crippen LogP contribution in [0.4, 0.5) is 5.69 Å². The van der Waals surface area contributed by atoms with Gasteiger partial charge < -0.3 is 10.7 Å². The van der Waals surface area contributed by atoms with Gasteiger partial charge in [-0.3, -0.25) is 20.6 Å². The Kier molecular flexibility index (Phi) is 4.04. The maximum absolute atomic E-state index is 11.9. The molecule has 0 unspecified atom stereocenters. The Morgan fingerprint density at radius 3 is 2.95 bits per heavy atom. The second kappa shape index (κ2) is 5.92. The van der Waals surface area contributed by atoms with Gasteiger partial charge in [0.05, 0.1) is 5.69 Å². The van der Waals surface area contributed by atoms with Crippen LogP contribution in [0.25, 0.3) is 0 Å². The number of carbonyl (C=O) groups excluding carboxylic acids is 1. The van der Waals surface area contributed by atoms with Crippen LogP contribution in [0.2, 0.25) is 0 Å². The quantitative estimate of drug-likeness (QED) is 0.561. The Bertz CT molecular complexity index is 585. The van der Waals surface area contributed by atoms with E-state index in [9.17, 15) is 4.79 Å². The van der Waals surface area contributed by atoms with E-state index in [1.165, 1.54) is 6.20 Å². The Balaban J connectivity index is 2.03. The summed E-state index contributed by atoms with van der Waals surface area (Å²) in [6.45, 7) is 2.39. The molecule has 0 saturated heterocycles. The van der Waals surface area contributed by atoms with Gasteiger partial charge in [0.2, 0.25) is 0 Å². The third-order valence-electron chi connectivity index (χ3n) is 2.74. The van der Waals surface area contributed by atoms with E-state index < -0.39 is 0 Å². The van der Waals surface area contributed by atoms with Crippen LogP contribution in [-0.4, -0.2) is 15.9 Å². The van der Waals surface area contributed by atoms with Crippen molar-refractivity contribution >= 4 is 11.6 Å². The van der Waals surface area contributed by atoms with E-state index in [0.717, 1.165) is 11.1 Å². The number of nitrogens with zero attached hydrogens (tertiary/aromatic N) is 2. The summed E-state index contributed by atoms with van der Waals surface area (Å²) >= 11 is 0. The van der Waals surface area contributed by atoms with Crippen LogP contribution in [0.15, 0.2) is 36.8 Å². The lowest BCUT2D eigenvalue weighted by Gasteiger charge is -2.07. The van der Waals surface area contributed by atoms with Crippen molar-refractivity contribution in [1.82, 2.24) is 15.3 Å². The Morgan fingerprint density at radius 1 is 1.37 bits per heavy atom. The molecule has 0 fully saturated rings. The first-order valence-electron chi connectivity index (χ1n) is 5.81. The monoisotopic (exact) mass is 257 g/mol. The van der Waals surface area contributed by atoms with Gasteiger partial charge in [-0.1, -0.05) is 0 Å². The smallest absolute Gasteiger partial charge is 0.270 e. The Hall–Kier alpha value is -2.47. The number of nitrogen functional groups attached to an aromatic ring is 1. The molecule has 19 heavy (non-hydrogen) atoms. The van der Waals surface area contributed by atoms with Crippen LogP contribution in [0.5, 0.6) is 0 Å². The third-order valence-corrected chi connectivity index (χ3v) is 2.74. The summed E-state index contributed by atoms with van der Waals surface area (Å²) in [6, 6.07) is 5.15. The fourth-order valence-electron chi connectivity index (χ4n) is 1.61. The van der Waals surface area contributed by atoms with Crippen molar-refractivity contribution in [2.45, 2.75) is 13.5 Å². The molecule has 0 atom stereocenters. The largest absolute Gasteiger partial charge is 0.347 e. The van der Waals surface area contributed by atoms with Crippen LogP contribution in [-0.2, 0) is 6.54 Å². The first-order valence-corrected chi connectivity index (χ1v) is 5.81. The van der Waals surface area contributed by atoms with E-state index in [4.69, 9.17) is 5.84 Å². The summed E-state index contributed by atoms with van der Waals surface area (Å²) in [4.78, 5) is 19.9. The second-order valence-electron chi connectivity index (χ2n) is 4.06. The Morgan fingerprint density at radius 2 is 2.21 bits per heavy atom. The number of anilines is 1. The van der Waals surface area contributed by atoms with E-state index in [2.05, 4.69) is 20.7 Å². The zero-order chi connectivity index (χ0) is 13.7. The maximum atomic E-state index is 11.9. The molecule has 2 aromatic rings. The average Bonchev–Trinajstić information content (AvgIpc) is 2.46. The molecule has 2 heterocycles.